The number of aromatic nitrogens is 2. The molecule has 0 radical (unpaired) electrons. The lowest BCUT2D eigenvalue weighted by Gasteiger charge is -2.37. The molecular formula is C13H20N4O3. The Balaban J connectivity index is 1.73. The summed E-state index contributed by atoms with van der Waals surface area (Å²) >= 11 is 0. The molecule has 2 aliphatic heterocycles. The van der Waals surface area contributed by atoms with Gasteiger partial charge in [-0.1, -0.05) is 0 Å². The van der Waals surface area contributed by atoms with Crippen molar-refractivity contribution >= 4 is 11.6 Å². The predicted molar refractivity (Wildman–Crippen MR) is 72.1 cm³/mol. The van der Waals surface area contributed by atoms with Crippen molar-refractivity contribution in [2.75, 3.05) is 32.0 Å². The molecule has 7 heteroatoms. The van der Waals surface area contributed by atoms with E-state index in [2.05, 4.69) is 5.10 Å². The number of piperidine rings is 1. The summed E-state index contributed by atoms with van der Waals surface area (Å²) in [4.78, 5) is 14.4. The fourth-order valence-corrected chi connectivity index (χ4v) is 2.91. The number of likely N-dealkylation sites (tertiary alicyclic amines) is 1. The lowest BCUT2D eigenvalue weighted by atomic mass is 10.0. The first-order valence-electron chi connectivity index (χ1n) is 6.89. The number of carbonyl (C=O) groups excluding carboxylic acids is 1. The second kappa shape index (κ2) is 4.75. The summed E-state index contributed by atoms with van der Waals surface area (Å²) in [7, 11) is 1.74. The number of hydrogen-bond donors (Lipinski definition) is 1. The van der Waals surface area contributed by atoms with Gasteiger partial charge in [0.15, 0.2) is 5.79 Å². The van der Waals surface area contributed by atoms with Crippen LogP contribution in [-0.4, -0.2) is 52.7 Å². The molecule has 0 saturated carbocycles. The highest BCUT2D eigenvalue weighted by Crippen LogP contribution is 2.32. The van der Waals surface area contributed by atoms with Crippen LogP contribution in [0, 0.1) is 6.92 Å². The van der Waals surface area contributed by atoms with Crippen molar-refractivity contribution in [3.63, 3.8) is 0 Å². The summed E-state index contributed by atoms with van der Waals surface area (Å²) in [6, 6.07) is 0. The summed E-state index contributed by atoms with van der Waals surface area (Å²) < 4.78 is 12.9. The van der Waals surface area contributed by atoms with Gasteiger partial charge < -0.3 is 20.1 Å². The van der Waals surface area contributed by atoms with Crippen molar-refractivity contribution in [1.82, 2.24) is 14.7 Å². The molecule has 3 heterocycles. The van der Waals surface area contributed by atoms with Crippen molar-refractivity contribution in [3.8, 4) is 0 Å². The number of hydrogen-bond acceptors (Lipinski definition) is 5. The van der Waals surface area contributed by atoms with Gasteiger partial charge in [0.2, 0.25) is 0 Å². The molecular weight excluding hydrogens is 260 g/mol. The van der Waals surface area contributed by atoms with Gasteiger partial charge in [0, 0.05) is 33.0 Å². The molecule has 2 aliphatic rings. The molecule has 1 amide bonds. The van der Waals surface area contributed by atoms with E-state index in [4.69, 9.17) is 15.2 Å². The Hall–Kier alpha value is -1.60. The van der Waals surface area contributed by atoms with Gasteiger partial charge >= 0.3 is 0 Å². The molecule has 0 unspecified atom stereocenters. The first-order chi connectivity index (χ1) is 9.52. The maximum Gasteiger partial charge on any atom is 0.274 e. The largest absolute Gasteiger partial charge is 0.395 e. The van der Waals surface area contributed by atoms with Crippen molar-refractivity contribution in [2.45, 2.75) is 25.6 Å². The minimum Gasteiger partial charge on any atom is -0.395 e. The van der Waals surface area contributed by atoms with Crippen LogP contribution in [0.5, 0.6) is 0 Å². The Kier molecular flexibility index (Phi) is 3.18. The molecule has 1 aromatic rings. The van der Waals surface area contributed by atoms with Crippen LogP contribution in [-0.2, 0) is 16.5 Å². The Morgan fingerprint density at radius 2 is 1.90 bits per heavy atom. The topological polar surface area (TPSA) is 82.6 Å². The summed E-state index contributed by atoms with van der Waals surface area (Å²) in [5.74, 6) is -0.538. The van der Waals surface area contributed by atoms with Gasteiger partial charge in [0.25, 0.3) is 5.91 Å². The van der Waals surface area contributed by atoms with Crippen LogP contribution in [0.1, 0.15) is 29.0 Å². The van der Waals surface area contributed by atoms with Crippen LogP contribution in [0.25, 0.3) is 0 Å². The maximum absolute atomic E-state index is 12.6. The number of carbonyl (C=O) groups is 1. The third kappa shape index (κ3) is 2.06. The van der Waals surface area contributed by atoms with Crippen LogP contribution in [0.15, 0.2) is 0 Å². The fourth-order valence-electron chi connectivity index (χ4n) is 2.91. The first kappa shape index (κ1) is 13.4. The first-order valence-corrected chi connectivity index (χ1v) is 6.89. The second-order valence-corrected chi connectivity index (χ2v) is 5.37. The number of aryl methyl sites for hydroxylation is 2. The highest BCUT2D eigenvalue weighted by molar-refractivity contribution is 5.98. The quantitative estimate of drug-likeness (QED) is 0.799. The monoisotopic (exact) mass is 280 g/mol. The second-order valence-electron chi connectivity index (χ2n) is 5.37. The van der Waals surface area contributed by atoms with E-state index in [0.717, 1.165) is 0 Å². The molecule has 110 valence electrons. The molecule has 7 nitrogen and oxygen atoms in total. The van der Waals surface area contributed by atoms with Crippen molar-refractivity contribution in [3.05, 3.63) is 11.4 Å². The Labute approximate surface area is 117 Å². The average Bonchev–Trinajstić information content (AvgIpc) is 2.97. The molecule has 0 aliphatic carbocycles. The summed E-state index contributed by atoms with van der Waals surface area (Å²) in [6.45, 7) is 4.31. The van der Waals surface area contributed by atoms with Gasteiger partial charge in [-0.2, -0.15) is 5.10 Å². The average molecular weight is 280 g/mol. The SMILES string of the molecule is Cc1nn(C)c(C(=O)N2CCC3(CC2)OCCO3)c1N. The Morgan fingerprint density at radius 3 is 2.40 bits per heavy atom. The number of ether oxygens (including phenoxy) is 2. The number of rotatable bonds is 1. The standard InChI is InChI=1S/C13H20N4O3/c1-9-10(14)11(16(2)15-9)12(18)17-5-3-13(4-6-17)19-7-8-20-13/h3-8,14H2,1-2H3. The van der Waals surface area contributed by atoms with E-state index in [-0.39, 0.29) is 5.91 Å². The Morgan fingerprint density at radius 1 is 1.30 bits per heavy atom. The zero-order chi connectivity index (χ0) is 14.3. The molecule has 0 atom stereocenters. The van der Waals surface area contributed by atoms with E-state index in [0.29, 0.717) is 56.2 Å². The number of nitrogens with zero attached hydrogens (tertiary/aromatic N) is 3. The van der Waals surface area contributed by atoms with E-state index < -0.39 is 5.79 Å². The van der Waals surface area contributed by atoms with Gasteiger partial charge in [-0.15, -0.1) is 0 Å². The van der Waals surface area contributed by atoms with E-state index >= 15 is 0 Å². The highest BCUT2D eigenvalue weighted by atomic mass is 16.7. The lowest BCUT2D eigenvalue weighted by Crippen LogP contribution is -2.47. The van der Waals surface area contributed by atoms with Gasteiger partial charge in [-0.3, -0.25) is 9.48 Å². The van der Waals surface area contributed by atoms with Crippen molar-refractivity contribution in [1.29, 1.82) is 0 Å². The van der Waals surface area contributed by atoms with Gasteiger partial charge in [0.05, 0.1) is 24.6 Å². The van der Waals surface area contributed by atoms with Crippen LogP contribution >= 0.6 is 0 Å². The number of nitrogen functional groups attached to an aromatic ring is 1. The van der Waals surface area contributed by atoms with Gasteiger partial charge in [-0.05, 0) is 6.92 Å². The van der Waals surface area contributed by atoms with E-state index in [1.165, 1.54) is 0 Å². The van der Waals surface area contributed by atoms with Gasteiger partial charge in [0.1, 0.15) is 5.69 Å². The fraction of sp³-hybridized carbons (Fsp3) is 0.692. The third-order valence-electron chi connectivity index (χ3n) is 4.10. The molecule has 0 aromatic carbocycles. The van der Waals surface area contributed by atoms with E-state index in [1.807, 2.05) is 0 Å². The summed E-state index contributed by atoms with van der Waals surface area (Å²) in [5.41, 5.74) is 7.56. The van der Waals surface area contributed by atoms with E-state index in [9.17, 15) is 4.79 Å². The minimum atomic E-state index is -0.468. The summed E-state index contributed by atoms with van der Waals surface area (Å²) in [6.07, 6.45) is 1.41. The van der Waals surface area contributed by atoms with Crippen LogP contribution in [0.2, 0.25) is 0 Å². The number of anilines is 1. The highest BCUT2D eigenvalue weighted by Gasteiger charge is 2.41. The molecule has 3 rings (SSSR count). The number of amides is 1. The predicted octanol–water partition coefficient (Wildman–Crippen LogP) is 0.290. The third-order valence-corrected chi connectivity index (χ3v) is 4.10. The molecule has 2 saturated heterocycles. The van der Waals surface area contributed by atoms with Crippen LogP contribution < -0.4 is 5.73 Å². The zero-order valence-electron chi connectivity index (χ0n) is 11.9. The molecule has 20 heavy (non-hydrogen) atoms. The van der Waals surface area contributed by atoms with Crippen LogP contribution in [0.4, 0.5) is 5.69 Å². The number of nitrogens with two attached hydrogens (primary N) is 1. The molecule has 1 spiro atoms. The van der Waals surface area contributed by atoms with Crippen LogP contribution in [0.3, 0.4) is 0 Å². The normalized spacial score (nSPS) is 21.6. The van der Waals surface area contributed by atoms with Gasteiger partial charge in [-0.25, -0.2) is 0 Å². The smallest absolute Gasteiger partial charge is 0.274 e. The van der Waals surface area contributed by atoms with Crippen molar-refractivity contribution in [2.24, 2.45) is 7.05 Å². The molecule has 0 bridgehead atoms. The molecule has 1 aromatic heterocycles. The Bertz CT molecular complexity index is 524. The maximum atomic E-state index is 12.6. The molecule has 2 fully saturated rings. The minimum absolute atomic E-state index is 0.0709. The lowest BCUT2D eigenvalue weighted by molar-refractivity contribution is -0.181. The van der Waals surface area contributed by atoms with Crippen molar-refractivity contribution < 1.29 is 14.3 Å². The zero-order valence-corrected chi connectivity index (χ0v) is 11.9. The molecule has 2 N–H and O–H groups in total. The van der Waals surface area contributed by atoms with E-state index in [1.54, 1.807) is 23.6 Å². The summed E-state index contributed by atoms with van der Waals surface area (Å²) in [5, 5.41) is 4.19.